The van der Waals surface area contributed by atoms with Crippen LogP contribution in [0.25, 0.3) is 22.2 Å². The van der Waals surface area contributed by atoms with E-state index < -0.39 is 23.3 Å². The molecular formula is C23H17ClFN7O2. The molecule has 1 atom stereocenters. The molecule has 0 aliphatic carbocycles. The molecule has 1 amide bonds. The van der Waals surface area contributed by atoms with Crippen LogP contribution in [0.3, 0.4) is 0 Å². The molecule has 0 aliphatic rings. The topological polar surface area (TPSA) is 120 Å². The van der Waals surface area contributed by atoms with E-state index in [1.807, 2.05) is 0 Å². The lowest BCUT2D eigenvalue weighted by Crippen LogP contribution is -2.33. The lowest BCUT2D eigenvalue weighted by atomic mass is 10.2. The zero-order valence-electron chi connectivity index (χ0n) is 17.7. The first-order chi connectivity index (χ1) is 16.3. The van der Waals surface area contributed by atoms with E-state index in [0.29, 0.717) is 16.9 Å². The Bertz CT molecular complexity index is 1630. The quantitative estimate of drug-likeness (QED) is 0.410. The first kappa shape index (κ1) is 21.5. The van der Waals surface area contributed by atoms with Gasteiger partial charge in [0.2, 0.25) is 0 Å². The lowest BCUT2D eigenvalue weighted by molar-refractivity contribution is 0.0940. The molecule has 0 fully saturated rings. The Kier molecular flexibility index (Phi) is 5.21. The Morgan fingerprint density at radius 1 is 1.18 bits per heavy atom. The number of rotatable bonds is 4. The van der Waals surface area contributed by atoms with Crippen LogP contribution in [-0.4, -0.2) is 30.1 Å². The van der Waals surface area contributed by atoms with E-state index in [1.165, 1.54) is 39.5 Å². The van der Waals surface area contributed by atoms with E-state index in [2.05, 4.69) is 20.4 Å². The number of hydrogen-bond acceptors (Lipinski definition) is 6. The van der Waals surface area contributed by atoms with Gasteiger partial charge in [0.25, 0.3) is 11.5 Å². The molecule has 34 heavy (non-hydrogen) atoms. The third-order valence-corrected chi connectivity index (χ3v) is 5.66. The summed E-state index contributed by atoms with van der Waals surface area (Å²) >= 11 is 6.29. The molecule has 9 nitrogen and oxygen atoms in total. The Hall–Kier alpha value is -4.31. The minimum Gasteiger partial charge on any atom is -0.381 e. The van der Waals surface area contributed by atoms with Crippen LogP contribution < -0.4 is 16.6 Å². The molecule has 0 bridgehead atoms. The summed E-state index contributed by atoms with van der Waals surface area (Å²) in [7, 11) is 0. The number of amides is 1. The monoisotopic (exact) mass is 477 g/mol. The van der Waals surface area contributed by atoms with Crippen molar-refractivity contribution in [1.29, 1.82) is 0 Å². The van der Waals surface area contributed by atoms with Gasteiger partial charge in [-0.05, 0) is 49.4 Å². The summed E-state index contributed by atoms with van der Waals surface area (Å²) in [5.74, 6) is -0.757. The van der Waals surface area contributed by atoms with Gasteiger partial charge in [0.1, 0.15) is 17.2 Å². The number of carbonyl (C=O) groups is 1. The number of hydrogen-bond donors (Lipinski definition) is 2. The third-order valence-electron chi connectivity index (χ3n) is 5.34. The summed E-state index contributed by atoms with van der Waals surface area (Å²) in [6, 6.07) is 11.2. The number of aromatic nitrogens is 5. The standard InChI is InChI=1S/C23H17ClFN7O2/c1-12(28-22(33)18-19(26)30-31-11-3-10-27-21(18)31)20-29-16-5-2-4-15(24)17(16)23(34)32(20)14-8-6-13(25)7-9-14/h2-12H,1H3,(H2,26,30)(H,28,33)/t12-/m0/s1. The molecule has 0 aliphatic heterocycles. The number of halogens is 2. The molecule has 3 aromatic heterocycles. The van der Waals surface area contributed by atoms with Crippen molar-refractivity contribution < 1.29 is 9.18 Å². The van der Waals surface area contributed by atoms with Gasteiger partial charge in [0, 0.05) is 12.4 Å². The molecule has 3 N–H and O–H groups in total. The summed E-state index contributed by atoms with van der Waals surface area (Å²) in [5, 5.41) is 7.37. The summed E-state index contributed by atoms with van der Waals surface area (Å²) in [6.45, 7) is 1.67. The fraction of sp³-hybridized carbons (Fsp3) is 0.0870. The molecule has 2 aromatic carbocycles. The maximum Gasteiger partial charge on any atom is 0.267 e. The number of nitrogens with one attached hydrogen (secondary N) is 1. The minimum atomic E-state index is -0.758. The first-order valence-electron chi connectivity index (χ1n) is 10.2. The van der Waals surface area contributed by atoms with Gasteiger partial charge >= 0.3 is 0 Å². The predicted molar refractivity (Wildman–Crippen MR) is 126 cm³/mol. The average Bonchev–Trinajstić information content (AvgIpc) is 3.15. The Labute approximate surface area is 196 Å². The number of nitrogens with two attached hydrogens (primary N) is 1. The largest absolute Gasteiger partial charge is 0.381 e. The Morgan fingerprint density at radius 3 is 2.71 bits per heavy atom. The normalized spacial score (nSPS) is 12.2. The van der Waals surface area contributed by atoms with E-state index in [1.54, 1.807) is 37.4 Å². The number of carbonyl (C=O) groups excluding carboxylic acids is 1. The number of benzene rings is 2. The lowest BCUT2D eigenvalue weighted by Gasteiger charge is -2.20. The molecule has 0 saturated carbocycles. The van der Waals surface area contributed by atoms with E-state index in [9.17, 15) is 14.0 Å². The van der Waals surface area contributed by atoms with Gasteiger partial charge in [-0.3, -0.25) is 14.2 Å². The molecule has 0 saturated heterocycles. The molecule has 11 heteroatoms. The number of fused-ring (bicyclic) bond motifs is 2. The number of nitrogens with zero attached hydrogens (tertiary/aromatic N) is 5. The maximum atomic E-state index is 13.6. The van der Waals surface area contributed by atoms with Crippen molar-refractivity contribution in [2.75, 3.05) is 5.73 Å². The maximum absolute atomic E-state index is 13.6. The molecule has 0 radical (unpaired) electrons. The van der Waals surface area contributed by atoms with Crippen LogP contribution in [0.15, 0.2) is 65.7 Å². The van der Waals surface area contributed by atoms with Gasteiger partial charge in [0.15, 0.2) is 11.5 Å². The van der Waals surface area contributed by atoms with Gasteiger partial charge in [0.05, 0.1) is 27.7 Å². The second-order valence-corrected chi connectivity index (χ2v) is 7.97. The van der Waals surface area contributed by atoms with Gasteiger partial charge in [-0.15, -0.1) is 5.10 Å². The minimum absolute atomic E-state index is 0.0116. The molecular weight excluding hydrogens is 461 g/mol. The van der Waals surface area contributed by atoms with Crippen molar-refractivity contribution in [3.63, 3.8) is 0 Å². The summed E-state index contributed by atoms with van der Waals surface area (Å²) < 4.78 is 16.3. The van der Waals surface area contributed by atoms with Crippen LogP contribution in [0.2, 0.25) is 5.02 Å². The zero-order valence-corrected chi connectivity index (χ0v) is 18.5. The molecule has 170 valence electrons. The smallest absolute Gasteiger partial charge is 0.267 e. The number of anilines is 1. The van der Waals surface area contributed by atoms with Crippen LogP contribution >= 0.6 is 11.6 Å². The summed E-state index contributed by atoms with van der Waals surface area (Å²) in [6.07, 6.45) is 3.15. The highest BCUT2D eigenvalue weighted by Gasteiger charge is 2.24. The SMILES string of the molecule is C[C@H](NC(=O)c1c(N)nn2cccnc12)c1nc2cccc(Cl)c2c(=O)n1-c1ccc(F)cc1. The fourth-order valence-electron chi connectivity index (χ4n) is 3.79. The highest BCUT2D eigenvalue weighted by atomic mass is 35.5. The Morgan fingerprint density at radius 2 is 1.94 bits per heavy atom. The molecule has 5 aromatic rings. The van der Waals surface area contributed by atoms with Crippen LogP contribution in [0, 0.1) is 5.82 Å². The fourth-order valence-corrected chi connectivity index (χ4v) is 4.04. The zero-order chi connectivity index (χ0) is 24.0. The van der Waals surface area contributed by atoms with Crippen molar-refractivity contribution in [3.8, 4) is 5.69 Å². The Balaban J connectivity index is 1.64. The van der Waals surface area contributed by atoms with Gasteiger partial charge < -0.3 is 11.1 Å². The van der Waals surface area contributed by atoms with Crippen LogP contribution in [0.4, 0.5) is 10.2 Å². The van der Waals surface area contributed by atoms with E-state index >= 15 is 0 Å². The first-order valence-corrected chi connectivity index (χ1v) is 10.6. The highest BCUT2D eigenvalue weighted by molar-refractivity contribution is 6.35. The molecule has 5 rings (SSSR count). The second kappa shape index (κ2) is 8.23. The molecule has 0 unspecified atom stereocenters. The van der Waals surface area contributed by atoms with Crippen molar-refractivity contribution in [1.82, 2.24) is 29.5 Å². The van der Waals surface area contributed by atoms with Crippen molar-refractivity contribution in [3.05, 3.63) is 93.5 Å². The highest BCUT2D eigenvalue weighted by Crippen LogP contribution is 2.24. The van der Waals surface area contributed by atoms with E-state index in [-0.39, 0.29) is 27.6 Å². The summed E-state index contributed by atoms with van der Waals surface area (Å²) in [5.41, 5.74) is 6.65. The van der Waals surface area contributed by atoms with Crippen molar-refractivity contribution >= 4 is 39.9 Å². The second-order valence-electron chi connectivity index (χ2n) is 7.56. The van der Waals surface area contributed by atoms with Crippen molar-refractivity contribution in [2.45, 2.75) is 13.0 Å². The third kappa shape index (κ3) is 3.54. The summed E-state index contributed by atoms with van der Waals surface area (Å²) in [4.78, 5) is 35.4. The van der Waals surface area contributed by atoms with E-state index in [4.69, 9.17) is 17.3 Å². The molecule has 3 heterocycles. The van der Waals surface area contributed by atoms with Crippen LogP contribution in [0.5, 0.6) is 0 Å². The van der Waals surface area contributed by atoms with E-state index in [0.717, 1.165) is 0 Å². The number of nitrogen functional groups attached to an aromatic ring is 1. The van der Waals surface area contributed by atoms with Crippen LogP contribution in [0.1, 0.15) is 29.1 Å². The van der Waals surface area contributed by atoms with Gasteiger partial charge in [-0.1, -0.05) is 17.7 Å². The van der Waals surface area contributed by atoms with Crippen LogP contribution in [-0.2, 0) is 0 Å². The predicted octanol–water partition coefficient (Wildman–Crippen LogP) is 3.29. The molecule has 0 spiro atoms. The average molecular weight is 478 g/mol. The van der Waals surface area contributed by atoms with Gasteiger partial charge in [-0.2, -0.15) is 0 Å². The van der Waals surface area contributed by atoms with Crippen molar-refractivity contribution in [2.24, 2.45) is 0 Å². The van der Waals surface area contributed by atoms with Gasteiger partial charge in [-0.25, -0.2) is 18.9 Å².